The molecule has 0 N–H and O–H groups in total. The van der Waals surface area contributed by atoms with Crippen molar-refractivity contribution >= 4 is 49.4 Å². The molecule has 1 heteroatoms. The van der Waals surface area contributed by atoms with Crippen molar-refractivity contribution < 1.29 is 0 Å². The van der Waals surface area contributed by atoms with Crippen molar-refractivity contribution in [2.45, 2.75) is 38.0 Å². The molecule has 12 rings (SSSR count). The maximum Gasteiger partial charge on any atom is 0.0506 e. The minimum absolute atomic E-state index is 0.0509. The van der Waals surface area contributed by atoms with Gasteiger partial charge in [0.2, 0.25) is 0 Å². The highest BCUT2D eigenvalue weighted by Gasteiger charge is 2.44. The average Bonchev–Trinajstić information content (AvgIpc) is 3.24. The SMILES string of the molecule is CC(C)(C)c1ccc(N(c2ccc3c4ccccc4c4ccccc4c3c2)c2ccc(-c3ccccc3)c3c2C2c4ccccc4C3c3ccccc32)cc1. The van der Waals surface area contributed by atoms with Crippen molar-refractivity contribution in [1.82, 2.24) is 0 Å². The number of benzene rings is 9. The van der Waals surface area contributed by atoms with Gasteiger partial charge in [-0.05, 0) is 118 Å². The molecule has 0 radical (unpaired) electrons. The van der Waals surface area contributed by atoms with Gasteiger partial charge in [-0.2, -0.15) is 0 Å². The molecule has 0 saturated heterocycles. The molecule has 2 bridgehead atoms. The van der Waals surface area contributed by atoms with E-state index in [1.54, 1.807) is 0 Å². The molecule has 0 aromatic heterocycles. The quantitative estimate of drug-likeness (QED) is 0.165. The van der Waals surface area contributed by atoms with Crippen molar-refractivity contribution in [3.05, 3.63) is 221 Å². The fourth-order valence-electron chi connectivity index (χ4n) is 9.91. The first-order valence-electron chi connectivity index (χ1n) is 19.6. The minimum Gasteiger partial charge on any atom is -0.310 e. The largest absolute Gasteiger partial charge is 0.310 e. The van der Waals surface area contributed by atoms with Gasteiger partial charge in [0.05, 0.1) is 5.69 Å². The Labute approximate surface area is 323 Å². The summed E-state index contributed by atoms with van der Waals surface area (Å²) in [6.45, 7) is 6.88. The zero-order chi connectivity index (χ0) is 36.8. The molecular formula is C54H41N. The molecule has 0 amide bonds. The highest BCUT2D eigenvalue weighted by atomic mass is 15.1. The second kappa shape index (κ2) is 12.0. The molecule has 3 aliphatic carbocycles. The summed E-state index contributed by atoms with van der Waals surface area (Å²) in [6.07, 6.45) is 0. The summed E-state index contributed by atoms with van der Waals surface area (Å²) in [5.74, 6) is 0.243. The van der Waals surface area contributed by atoms with Crippen LogP contribution in [0.25, 0.3) is 43.4 Å². The van der Waals surface area contributed by atoms with Gasteiger partial charge in [-0.3, -0.25) is 0 Å². The highest BCUT2D eigenvalue weighted by Crippen LogP contribution is 2.61. The van der Waals surface area contributed by atoms with E-state index >= 15 is 0 Å². The first-order valence-corrected chi connectivity index (χ1v) is 19.6. The van der Waals surface area contributed by atoms with Crippen molar-refractivity contribution in [3.8, 4) is 11.1 Å². The second-order valence-electron chi connectivity index (χ2n) is 16.4. The van der Waals surface area contributed by atoms with Gasteiger partial charge in [-0.1, -0.05) is 172 Å². The summed E-state index contributed by atoms with van der Waals surface area (Å²) in [6, 6.07) is 68.5. The summed E-state index contributed by atoms with van der Waals surface area (Å²) >= 11 is 0. The Kier molecular flexibility index (Phi) is 7.01. The summed E-state index contributed by atoms with van der Waals surface area (Å²) < 4.78 is 0. The Morgan fingerprint density at radius 3 is 1.38 bits per heavy atom. The van der Waals surface area contributed by atoms with Gasteiger partial charge in [0.1, 0.15) is 0 Å². The predicted molar refractivity (Wildman–Crippen MR) is 233 cm³/mol. The number of hydrogen-bond donors (Lipinski definition) is 0. The van der Waals surface area contributed by atoms with Crippen LogP contribution in [0.5, 0.6) is 0 Å². The normalized spacial score (nSPS) is 15.5. The monoisotopic (exact) mass is 703 g/mol. The van der Waals surface area contributed by atoms with E-state index in [4.69, 9.17) is 0 Å². The van der Waals surface area contributed by atoms with Crippen molar-refractivity contribution in [1.29, 1.82) is 0 Å². The van der Waals surface area contributed by atoms with Crippen LogP contribution in [0.3, 0.4) is 0 Å². The molecule has 0 saturated carbocycles. The molecule has 3 aliphatic rings. The molecule has 1 nitrogen and oxygen atoms in total. The van der Waals surface area contributed by atoms with Crippen LogP contribution in [0.15, 0.2) is 182 Å². The lowest BCUT2D eigenvalue weighted by atomic mass is 9.59. The summed E-state index contributed by atoms with van der Waals surface area (Å²) in [5, 5.41) is 7.72. The topological polar surface area (TPSA) is 3.24 Å². The molecule has 262 valence electrons. The van der Waals surface area contributed by atoms with Crippen LogP contribution >= 0.6 is 0 Å². The Morgan fingerprint density at radius 2 is 0.836 bits per heavy atom. The predicted octanol–water partition coefficient (Wildman–Crippen LogP) is 14.6. The minimum atomic E-state index is 0.0509. The third kappa shape index (κ3) is 4.79. The van der Waals surface area contributed by atoms with Crippen molar-refractivity contribution in [2.24, 2.45) is 0 Å². The Morgan fingerprint density at radius 1 is 0.382 bits per heavy atom. The lowest BCUT2D eigenvalue weighted by Crippen LogP contribution is -2.30. The van der Waals surface area contributed by atoms with E-state index in [0.29, 0.717) is 0 Å². The molecule has 0 heterocycles. The second-order valence-corrected chi connectivity index (χ2v) is 16.4. The van der Waals surface area contributed by atoms with Gasteiger partial charge in [0, 0.05) is 23.2 Å². The standard InChI is InChI=1S/C54H41N/c1-54(2,3)35-25-27-36(28-26-35)55(37-29-30-43-41-19-8-7-17-39(41)40-18-9-10-20-42(40)48(43)33-37)49-32-31-38(34-15-5-4-6-16-34)52-50-44-21-11-13-23-46(44)51(53(49)52)47-24-14-12-22-45(47)50/h4-33,50-51H,1-3H3. The summed E-state index contributed by atoms with van der Waals surface area (Å²) in [5.41, 5.74) is 16.1. The third-order valence-corrected chi connectivity index (χ3v) is 12.4. The molecule has 0 spiro atoms. The maximum absolute atomic E-state index is 2.55. The number of hydrogen-bond acceptors (Lipinski definition) is 1. The first kappa shape index (κ1) is 32.0. The molecule has 0 unspecified atom stereocenters. The molecule has 55 heavy (non-hydrogen) atoms. The molecule has 9 aromatic carbocycles. The number of rotatable bonds is 4. The van der Waals surface area contributed by atoms with Crippen LogP contribution in [-0.2, 0) is 5.41 Å². The van der Waals surface area contributed by atoms with Crippen molar-refractivity contribution in [3.63, 3.8) is 0 Å². The Hall–Kier alpha value is -6.44. The van der Waals surface area contributed by atoms with E-state index in [0.717, 1.165) is 11.4 Å². The molecular weight excluding hydrogens is 663 g/mol. The smallest absolute Gasteiger partial charge is 0.0506 e. The van der Waals surface area contributed by atoms with Crippen LogP contribution in [0.2, 0.25) is 0 Å². The number of anilines is 3. The van der Waals surface area contributed by atoms with Gasteiger partial charge in [0.25, 0.3) is 0 Å². The molecule has 0 aliphatic heterocycles. The van der Waals surface area contributed by atoms with E-state index < -0.39 is 0 Å². The van der Waals surface area contributed by atoms with E-state index in [1.165, 1.54) is 88.1 Å². The van der Waals surface area contributed by atoms with Gasteiger partial charge < -0.3 is 4.90 Å². The fraction of sp³-hybridized carbons (Fsp3) is 0.111. The van der Waals surface area contributed by atoms with Crippen LogP contribution in [-0.4, -0.2) is 0 Å². The van der Waals surface area contributed by atoms with Crippen LogP contribution < -0.4 is 4.90 Å². The summed E-state index contributed by atoms with van der Waals surface area (Å²) in [7, 11) is 0. The lowest BCUT2D eigenvalue weighted by Gasteiger charge is -2.45. The van der Waals surface area contributed by atoms with Gasteiger partial charge >= 0.3 is 0 Å². The Bertz CT molecular complexity index is 2880. The van der Waals surface area contributed by atoms with Crippen LogP contribution in [0.4, 0.5) is 17.1 Å². The average molecular weight is 704 g/mol. The van der Waals surface area contributed by atoms with E-state index in [-0.39, 0.29) is 17.3 Å². The van der Waals surface area contributed by atoms with Crippen LogP contribution in [0.1, 0.15) is 71.6 Å². The fourth-order valence-corrected chi connectivity index (χ4v) is 9.91. The van der Waals surface area contributed by atoms with Gasteiger partial charge in [-0.25, -0.2) is 0 Å². The Balaban J connectivity index is 1.24. The van der Waals surface area contributed by atoms with Gasteiger partial charge in [-0.15, -0.1) is 0 Å². The van der Waals surface area contributed by atoms with Crippen molar-refractivity contribution in [2.75, 3.05) is 4.90 Å². The molecule has 9 aromatic rings. The number of nitrogens with zero attached hydrogens (tertiary/aromatic N) is 1. The van der Waals surface area contributed by atoms with Gasteiger partial charge in [0.15, 0.2) is 0 Å². The van der Waals surface area contributed by atoms with E-state index in [9.17, 15) is 0 Å². The zero-order valence-corrected chi connectivity index (χ0v) is 31.4. The van der Waals surface area contributed by atoms with Crippen LogP contribution in [0, 0.1) is 0 Å². The number of fused-ring (bicyclic) bond motifs is 6. The third-order valence-electron chi connectivity index (χ3n) is 12.4. The maximum atomic E-state index is 2.55. The van der Waals surface area contributed by atoms with E-state index in [1.807, 2.05) is 0 Å². The molecule has 0 fully saturated rings. The van der Waals surface area contributed by atoms with E-state index in [2.05, 4.69) is 208 Å². The zero-order valence-electron chi connectivity index (χ0n) is 31.4. The lowest BCUT2D eigenvalue weighted by molar-refractivity contribution is 0.590. The highest BCUT2D eigenvalue weighted by molar-refractivity contribution is 6.25. The first-order chi connectivity index (χ1) is 27.0. The summed E-state index contributed by atoms with van der Waals surface area (Å²) in [4.78, 5) is 2.55. The molecule has 0 atom stereocenters.